The van der Waals surface area contributed by atoms with Crippen molar-refractivity contribution in [3.63, 3.8) is 0 Å². The Hall–Kier alpha value is -2.98. The molecule has 0 saturated heterocycles. The van der Waals surface area contributed by atoms with Crippen LogP contribution in [0.2, 0.25) is 0 Å². The molecule has 0 aliphatic carbocycles. The molecule has 0 aliphatic heterocycles. The van der Waals surface area contributed by atoms with E-state index in [4.69, 9.17) is 0 Å². The van der Waals surface area contributed by atoms with Crippen LogP contribution in [0.1, 0.15) is 21.5 Å². The topological polar surface area (TPSA) is 41.5 Å². The number of hydrogen-bond donors (Lipinski definition) is 1. The van der Waals surface area contributed by atoms with E-state index in [-0.39, 0.29) is 5.56 Å². The van der Waals surface area contributed by atoms with Crippen LogP contribution in [0.15, 0.2) is 29.4 Å². The fraction of sp³-hybridized carbons (Fsp3) is 0.0667. The maximum Gasteiger partial charge on any atom is 0.416 e. The number of halogens is 8. The van der Waals surface area contributed by atoms with Crippen LogP contribution in [0.4, 0.5) is 35.1 Å². The van der Waals surface area contributed by atoms with Crippen LogP contribution in [-0.2, 0) is 6.18 Å². The average molecular weight is 382 g/mol. The van der Waals surface area contributed by atoms with Gasteiger partial charge in [0.2, 0.25) is 5.82 Å². The molecule has 0 saturated carbocycles. The van der Waals surface area contributed by atoms with Gasteiger partial charge in [-0.2, -0.15) is 18.3 Å². The van der Waals surface area contributed by atoms with E-state index in [0.29, 0.717) is 12.1 Å². The minimum absolute atomic E-state index is 0.0655. The molecule has 0 aliphatic rings. The zero-order valence-electron chi connectivity index (χ0n) is 12.3. The second-order valence-electron chi connectivity index (χ2n) is 4.76. The van der Waals surface area contributed by atoms with E-state index < -0.39 is 52.3 Å². The van der Waals surface area contributed by atoms with Gasteiger partial charge in [-0.25, -0.2) is 27.4 Å². The summed E-state index contributed by atoms with van der Waals surface area (Å²) in [4.78, 5) is 11.6. The molecular formula is C15H6F8N2O. The first-order valence-corrected chi connectivity index (χ1v) is 6.56. The number of benzene rings is 2. The van der Waals surface area contributed by atoms with Crippen molar-refractivity contribution in [2.75, 3.05) is 0 Å². The van der Waals surface area contributed by atoms with E-state index >= 15 is 0 Å². The molecule has 3 nitrogen and oxygen atoms in total. The van der Waals surface area contributed by atoms with E-state index in [2.05, 4.69) is 5.10 Å². The second-order valence-corrected chi connectivity index (χ2v) is 4.76. The molecule has 2 rings (SSSR count). The van der Waals surface area contributed by atoms with E-state index in [1.807, 2.05) is 0 Å². The van der Waals surface area contributed by atoms with E-state index in [0.717, 1.165) is 18.3 Å². The molecular weight excluding hydrogens is 376 g/mol. The summed E-state index contributed by atoms with van der Waals surface area (Å²) in [5, 5.41) is 3.20. The third kappa shape index (κ3) is 3.81. The summed E-state index contributed by atoms with van der Waals surface area (Å²) in [6.45, 7) is 0. The molecule has 1 N–H and O–H groups in total. The molecule has 1 amide bonds. The number of hydrogen-bond acceptors (Lipinski definition) is 2. The molecule has 2 aromatic rings. The molecule has 11 heteroatoms. The van der Waals surface area contributed by atoms with Crippen LogP contribution in [0.5, 0.6) is 0 Å². The highest BCUT2D eigenvalue weighted by Crippen LogP contribution is 2.29. The van der Waals surface area contributed by atoms with Crippen LogP contribution in [-0.4, -0.2) is 12.1 Å². The Balaban J connectivity index is 2.18. The first-order chi connectivity index (χ1) is 12.0. The summed E-state index contributed by atoms with van der Waals surface area (Å²) in [5.74, 6) is -13.5. The lowest BCUT2D eigenvalue weighted by atomic mass is 10.1. The molecule has 0 aromatic heterocycles. The highest BCUT2D eigenvalue weighted by atomic mass is 19.4. The zero-order valence-corrected chi connectivity index (χ0v) is 12.3. The average Bonchev–Trinajstić information content (AvgIpc) is 2.58. The minimum Gasteiger partial charge on any atom is -0.267 e. The van der Waals surface area contributed by atoms with Crippen LogP contribution >= 0.6 is 0 Å². The summed E-state index contributed by atoms with van der Waals surface area (Å²) in [6, 6.07) is 3.40. The normalized spacial score (nSPS) is 11.8. The van der Waals surface area contributed by atoms with Gasteiger partial charge in [-0.05, 0) is 17.7 Å². The van der Waals surface area contributed by atoms with Crippen molar-refractivity contribution in [1.29, 1.82) is 0 Å². The van der Waals surface area contributed by atoms with Gasteiger partial charge in [0.15, 0.2) is 23.3 Å². The lowest BCUT2D eigenvalue weighted by Crippen LogP contribution is -2.23. The molecule has 0 heterocycles. The Morgan fingerprint density at radius 3 is 1.77 bits per heavy atom. The molecule has 0 fully saturated rings. The quantitative estimate of drug-likeness (QED) is 0.280. The van der Waals surface area contributed by atoms with E-state index in [1.165, 1.54) is 5.43 Å². The maximum absolute atomic E-state index is 13.4. The van der Waals surface area contributed by atoms with Crippen molar-refractivity contribution in [2.24, 2.45) is 5.10 Å². The van der Waals surface area contributed by atoms with Gasteiger partial charge in [-0.15, -0.1) is 0 Å². The summed E-state index contributed by atoms with van der Waals surface area (Å²) in [7, 11) is 0. The number of hydrazone groups is 1. The lowest BCUT2D eigenvalue weighted by Gasteiger charge is -2.07. The third-order valence-electron chi connectivity index (χ3n) is 3.05. The second kappa shape index (κ2) is 7.10. The first-order valence-electron chi connectivity index (χ1n) is 6.56. The SMILES string of the molecule is O=C(N/N=C/c1ccc(C(F)(F)F)cc1)c1c(F)c(F)c(F)c(F)c1F. The molecule has 0 atom stereocenters. The van der Waals surface area contributed by atoms with Crippen LogP contribution < -0.4 is 5.43 Å². The lowest BCUT2D eigenvalue weighted by molar-refractivity contribution is -0.137. The number of rotatable bonds is 3. The zero-order chi connectivity index (χ0) is 19.6. The summed E-state index contributed by atoms with van der Waals surface area (Å²) in [5.41, 5.74) is -1.10. The maximum atomic E-state index is 13.4. The van der Waals surface area contributed by atoms with E-state index in [1.54, 1.807) is 0 Å². The standard InChI is InChI=1S/C15H6F8N2O/c16-9-8(10(17)12(19)13(20)11(9)18)14(26)25-24-5-6-1-3-7(4-2-6)15(21,22)23/h1-5H,(H,25,26)/b24-5+. The van der Waals surface area contributed by atoms with Gasteiger partial charge in [0.25, 0.3) is 5.91 Å². The molecule has 0 spiro atoms. The highest BCUT2D eigenvalue weighted by Gasteiger charge is 2.30. The molecule has 26 heavy (non-hydrogen) atoms. The number of carbonyl (C=O) groups is 1. The van der Waals surface area contributed by atoms with Crippen molar-refractivity contribution >= 4 is 12.1 Å². The van der Waals surface area contributed by atoms with Crippen molar-refractivity contribution in [1.82, 2.24) is 5.43 Å². The number of carbonyl (C=O) groups excluding carboxylic acids is 1. The highest BCUT2D eigenvalue weighted by molar-refractivity contribution is 5.95. The fourth-order valence-electron chi connectivity index (χ4n) is 1.78. The Labute approximate surface area is 139 Å². The Morgan fingerprint density at radius 1 is 0.846 bits per heavy atom. The first kappa shape index (κ1) is 19.3. The van der Waals surface area contributed by atoms with Gasteiger partial charge in [0.1, 0.15) is 5.56 Å². The van der Waals surface area contributed by atoms with Crippen LogP contribution in [0.3, 0.4) is 0 Å². The summed E-state index contributed by atoms with van der Waals surface area (Å²) in [6.07, 6.45) is -3.75. The Kier molecular flexibility index (Phi) is 5.28. The van der Waals surface area contributed by atoms with E-state index in [9.17, 15) is 39.9 Å². The fourth-order valence-corrected chi connectivity index (χ4v) is 1.78. The third-order valence-corrected chi connectivity index (χ3v) is 3.05. The number of amides is 1. The van der Waals surface area contributed by atoms with Crippen molar-refractivity contribution in [3.05, 3.63) is 70.0 Å². The predicted octanol–water partition coefficient (Wildman–Crippen LogP) is 4.16. The molecule has 0 radical (unpaired) electrons. The summed E-state index contributed by atoms with van der Waals surface area (Å²) < 4.78 is 103. The predicted molar refractivity (Wildman–Crippen MR) is 72.7 cm³/mol. The van der Waals surface area contributed by atoms with Gasteiger partial charge < -0.3 is 0 Å². The van der Waals surface area contributed by atoms with Crippen LogP contribution in [0.25, 0.3) is 0 Å². The summed E-state index contributed by atoms with van der Waals surface area (Å²) >= 11 is 0. The molecule has 138 valence electrons. The minimum atomic E-state index is -4.56. The van der Waals surface area contributed by atoms with Gasteiger partial charge in [-0.3, -0.25) is 4.79 Å². The molecule has 2 aromatic carbocycles. The van der Waals surface area contributed by atoms with Gasteiger partial charge in [-0.1, -0.05) is 12.1 Å². The number of nitrogens with one attached hydrogen (secondary N) is 1. The Bertz CT molecular complexity index is 846. The monoisotopic (exact) mass is 382 g/mol. The van der Waals surface area contributed by atoms with Gasteiger partial charge >= 0.3 is 6.18 Å². The molecule has 0 bridgehead atoms. The number of nitrogens with zero attached hydrogens (tertiary/aromatic N) is 1. The van der Waals surface area contributed by atoms with Gasteiger partial charge in [0, 0.05) is 0 Å². The molecule has 0 unspecified atom stereocenters. The largest absolute Gasteiger partial charge is 0.416 e. The van der Waals surface area contributed by atoms with Crippen molar-refractivity contribution in [3.8, 4) is 0 Å². The Morgan fingerprint density at radius 2 is 1.31 bits per heavy atom. The number of alkyl halides is 3. The smallest absolute Gasteiger partial charge is 0.267 e. The van der Waals surface area contributed by atoms with Crippen LogP contribution in [0, 0.1) is 29.1 Å². The van der Waals surface area contributed by atoms with Gasteiger partial charge in [0.05, 0.1) is 11.8 Å². The van der Waals surface area contributed by atoms with Crippen molar-refractivity contribution < 1.29 is 39.9 Å². The van der Waals surface area contributed by atoms with Crippen molar-refractivity contribution in [2.45, 2.75) is 6.18 Å².